The third-order valence-electron chi connectivity index (χ3n) is 4.40. The van der Waals surface area contributed by atoms with E-state index in [1.807, 2.05) is 0 Å². The number of ether oxygens (including phenoxy) is 4. The van der Waals surface area contributed by atoms with Gasteiger partial charge >= 0.3 is 60.7 Å². The quantitative estimate of drug-likeness (QED) is 0.171. The van der Waals surface area contributed by atoms with E-state index >= 15 is 0 Å². The molecule has 0 aliphatic heterocycles. The minimum absolute atomic E-state index is 0.263. The second-order valence-corrected chi connectivity index (χ2v) is 8.08. The van der Waals surface area contributed by atoms with E-state index in [1.165, 1.54) is 27.7 Å². The molecule has 0 aliphatic rings. The second-order valence-electron chi connectivity index (χ2n) is 8.08. The van der Waals surface area contributed by atoms with Gasteiger partial charge in [-0.3, -0.25) is 9.59 Å². The van der Waals surface area contributed by atoms with Crippen molar-refractivity contribution in [3.8, 4) is 0 Å². The molecule has 0 saturated heterocycles. The lowest BCUT2D eigenvalue weighted by Crippen LogP contribution is -2.57. The zero-order chi connectivity index (χ0) is 36.0. The van der Waals surface area contributed by atoms with Crippen molar-refractivity contribution in [1.29, 1.82) is 0 Å². The van der Waals surface area contributed by atoms with Gasteiger partial charge in [-0.05, 0) is 27.7 Å². The Bertz CT molecular complexity index is 858. The highest BCUT2D eigenvalue weighted by Gasteiger charge is 2.70. The van der Waals surface area contributed by atoms with E-state index in [0.717, 1.165) is 0 Å². The van der Waals surface area contributed by atoms with Gasteiger partial charge < -0.3 is 9.80 Å². The first-order chi connectivity index (χ1) is 19.2. The van der Waals surface area contributed by atoms with E-state index in [4.69, 9.17) is 0 Å². The topological polar surface area (TPSA) is 77.5 Å². The summed E-state index contributed by atoms with van der Waals surface area (Å²) in [5.41, 5.74) is 0. The number of carbonyl (C=O) groups excluding carboxylic acids is 2. The van der Waals surface area contributed by atoms with E-state index in [9.17, 15) is 79.8 Å². The average Bonchev–Trinajstić information content (AvgIpc) is 2.76. The van der Waals surface area contributed by atoms with Crippen LogP contribution in [-0.4, -0.2) is 96.7 Å². The summed E-state index contributed by atoms with van der Waals surface area (Å²) in [5, 5.41) is 0. The highest BCUT2D eigenvalue weighted by atomic mass is 19.4. The fourth-order valence-corrected chi connectivity index (χ4v) is 2.49. The number of rotatable bonds is 16. The first kappa shape index (κ1) is 43.8. The predicted octanol–water partition coefficient (Wildman–Crippen LogP) is 6.56. The van der Waals surface area contributed by atoms with Gasteiger partial charge in [0, 0.05) is 40.0 Å². The molecule has 0 radical (unpaired) electrons. The third kappa shape index (κ3) is 12.9. The summed E-state index contributed by atoms with van der Waals surface area (Å²) in [5.74, 6) is -4.78. The summed E-state index contributed by atoms with van der Waals surface area (Å²) in [4.78, 5) is 23.4. The van der Waals surface area contributed by atoms with Crippen LogP contribution in [0.25, 0.3) is 0 Å². The molecule has 0 spiro atoms. The summed E-state index contributed by atoms with van der Waals surface area (Å²) in [6.45, 7) is 2.62. The van der Waals surface area contributed by atoms with Crippen LogP contribution in [0.15, 0.2) is 0 Å². The molecule has 0 atom stereocenters. The molecule has 2 amide bonds. The number of nitrogens with zero attached hydrogens (tertiary/aromatic N) is 2. The van der Waals surface area contributed by atoms with Gasteiger partial charge in [-0.2, -0.15) is 70.2 Å². The fraction of sp³-hybridized carbons (Fsp3) is 0.900. The molecule has 0 fully saturated rings. The number of amides is 2. The van der Waals surface area contributed by atoms with E-state index in [-0.39, 0.29) is 23.6 Å². The fourth-order valence-electron chi connectivity index (χ4n) is 2.49. The maximum Gasteiger partial charge on any atom is 0.453 e. The van der Waals surface area contributed by atoms with Gasteiger partial charge in [-0.15, -0.1) is 0 Å². The molecule has 0 rings (SSSR count). The maximum atomic E-state index is 13.6. The SMILES string of the molecule is CC(F)(F)OC(F)(F)C(F)(F)OC(C)(F)F.CCN(CC)C(=O)C(F)(F)OC(F)(F)C(F)(F)OC(F)(F)C(=O)N(CC)CC. The molecule has 0 heterocycles. The van der Waals surface area contributed by atoms with E-state index in [2.05, 4.69) is 18.9 Å². The van der Waals surface area contributed by atoms with Gasteiger partial charge in [0.05, 0.1) is 0 Å². The number of carbonyl (C=O) groups is 2. The monoisotopic (exact) mass is 694 g/mol. The molecule has 264 valence electrons. The van der Waals surface area contributed by atoms with Crippen LogP contribution in [0.4, 0.5) is 70.2 Å². The maximum absolute atomic E-state index is 13.6. The third-order valence-corrected chi connectivity index (χ3v) is 4.40. The summed E-state index contributed by atoms with van der Waals surface area (Å²) in [6.07, 6.45) is -44.8. The van der Waals surface area contributed by atoms with E-state index < -0.39 is 86.9 Å². The van der Waals surface area contributed by atoms with Gasteiger partial charge in [0.1, 0.15) is 0 Å². The van der Waals surface area contributed by atoms with Crippen LogP contribution in [0.5, 0.6) is 0 Å². The molecule has 0 N–H and O–H groups in total. The van der Waals surface area contributed by atoms with Crippen molar-refractivity contribution in [2.45, 2.75) is 90.4 Å². The standard InChI is InChI=1S/C14H20F8N2O4.C6H6F8O2/c1-5-23(6-2)9(25)11(15,16)27-13(19,20)14(21,22)28-12(17,18)10(26)24(7-3)8-4;1-3(7,8)15-5(11,12)6(13,14)16-4(2,9)10/h5-8H2,1-4H3;1-2H3. The molecular formula is C20H26F16N2O6. The first-order valence-corrected chi connectivity index (χ1v) is 11.6. The van der Waals surface area contributed by atoms with Crippen LogP contribution in [0.2, 0.25) is 0 Å². The van der Waals surface area contributed by atoms with Crippen LogP contribution < -0.4 is 0 Å². The van der Waals surface area contributed by atoms with Crippen molar-refractivity contribution in [2.24, 2.45) is 0 Å². The van der Waals surface area contributed by atoms with E-state index in [0.29, 0.717) is 0 Å². The van der Waals surface area contributed by atoms with Crippen molar-refractivity contribution in [2.75, 3.05) is 26.2 Å². The Kier molecular flexibility index (Phi) is 14.8. The van der Waals surface area contributed by atoms with Gasteiger partial charge in [0.25, 0.3) is 0 Å². The minimum atomic E-state index is -6.38. The Morgan fingerprint density at radius 3 is 0.773 bits per heavy atom. The van der Waals surface area contributed by atoms with Gasteiger partial charge in [-0.25, -0.2) is 18.9 Å². The zero-order valence-corrected chi connectivity index (χ0v) is 23.2. The number of hydrogen-bond acceptors (Lipinski definition) is 6. The number of likely N-dealkylation sites (N-methyl/N-ethyl adjacent to an activating group) is 2. The summed E-state index contributed by atoms with van der Waals surface area (Å²) < 4.78 is 215. The van der Waals surface area contributed by atoms with Crippen LogP contribution in [0.1, 0.15) is 41.5 Å². The normalized spacial score (nSPS) is 14.1. The molecule has 0 saturated carbocycles. The summed E-state index contributed by atoms with van der Waals surface area (Å²) in [7, 11) is 0. The molecular weight excluding hydrogens is 668 g/mol. The minimum Gasteiger partial charge on any atom is -0.336 e. The second kappa shape index (κ2) is 14.8. The molecule has 44 heavy (non-hydrogen) atoms. The largest absolute Gasteiger partial charge is 0.453 e. The molecule has 0 bridgehead atoms. The predicted molar refractivity (Wildman–Crippen MR) is 111 cm³/mol. The number of hydrogen-bond donors (Lipinski definition) is 0. The van der Waals surface area contributed by atoms with Crippen molar-refractivity contribution in [1.82, 2.24) is 9.80 Å². The molecule has 8 nitrogen and oxygen atoms in total. The Morgan fingerprint density at radius 2 is 0.614 bits per heavy atom. The van der Waals surface area contributed by atoms with Crippen molar-refractivity contribution in [3.05, 3.63) is 0 Å². The summed E-state index contributed by atoms with van der Waals surface area (Å²) in [6, 6.07) is 0. The first-order valence-electron chi connectivity index (χ1n) is 11.6. The molecule has 24 heteroatoms. The van der Waals surface area contributed by atoms with E-state index in [1.54, 1.807) is 0 Å². The molecule has 0 unspecified atom stereocenters. The lowest BCUT2D eigenvalue weighted by molar-refractivity contribution is -0.508. The highest BCUT2D eigenvalue weighted by Crippen LogP contribution is 2.44. The van der Waals surface area contributed by atoms with Crippen LogP contribution in [-0.2, 0) is 28.5 Å². The molecule has 0 aromatic carbocycles. The Labute approximate surface area is 238 Å². The van der Waals surface area contributed by atoms with Crippen LogP contribution in [0.3, 0.4) is 0 Å². The Hall–Kier alpha value is -2.34. The van der Waals surface area contributed by atoms with Crippen molar-refractivity contribution < 1.29 is 98.8 Å². The number of halogens is 16. The lowest BCUT2D eigenvalue weighted by atomic mass is 10.4. The zero-order valence-electron chi connectivity index (χ0n) is 23.2. The van der Waals surface area contributed by atoms with Gasteiger partial charge in [-0.1, -0.05) is 0 Å². The highest BCUT2D eigenvalue weighted by molar-refractivity contribution is 5.82. The van der Waals surface area contributed by atoms with Gasteiger partial charge in [0.2, 0.25) is 0 Å². The smallest absolute Gasteiger partial charge is 0.336 e. The molecule has 0 aromatic heterocycles. The molecule has 0 aromatic rings. The number of alkyl halides is 16. The van der Waals surface area contributed by atoms with Crippen LogP contribution in [0, 0.1) is 0 Å². The summed E-state index contributed by atoms with van der Waals surface area (Å²) >= 11 is 0. The Morgan fingerprint density at radius 1 is 0.432 bits per heavy atom. The Balaban J connectivity index is 0. The molecule has 0 aliphatic carbocycles. The lowest BCUT2D eigenvalue weighted by Gasteiger charge is -2.32. The van der Waals surface area contributed by atoms with Crippen LogP contribution >= 0.6 is 0 Å². The van der Waals surface area contributed by atoms with Crippen molar-refractivity contribution >= 4 is 11.8 Å². The van der Waals surface area contributed by atoms with Gasteiger partial charge in [0.15, 0.2) is 0 Å². The van der Waals surface area contributed by atoms with Crippen molar-refractivity contribution in [3.63, 3.8) is 0 Å². The average molecular weight is 694 g/mol.